The van der Waals surface area contributed by atoms with Crippen LogP contribution in [0, 0.1) is 11.8 Å². The summed E-state index contributed by atoms with van der Waals surface area (Å²) >= 11 is 0. The first-order valence-electron chi connectivity index (χ1n) is 8.76. The van der Waals surface area contributed by atoms with Crippen LogP contribution < -0.4 is 15.5 Å². The maximum atomic E-state index is 4.57. The molecule has 3 rings (SSSR count). The topological polar surface area (TPSA) is 53.1 Å². The fourth-order valence-electron chi connectivity index (χ4n) is 3.53. The Labute approximate surface area is 133 Å². The van der Waals surface area contributed by atoms with Crippen LogP contribution in [0.3, 0.4) is 0 Å². The van der Waals surface area contributed by atoms with Crippen LogP contribution in [0.4, 0.5) is 11.6 Å². The van der Waals surface area contributed by atoms with Crippen LogP contribution in [-0.2, 0) is 0 Å². The zero-order chi connectivity index (χ0) is 15.4. The van der Waals surface area contributed by atoms with Gasteiger partial charge in [-0.15, -0.1) is 0 Å². The first kappa shape index (κ1) is 15.5. The third kappa shape index (κ3) is 3.88. The van der Waals surface area contributed by atoms with Gasteiger partial charge in [-0.05, 0) is 50.6 Å². The first-order valence-corrected chi connectivity index (χ1v) is 8.76. The summed E-state index contributed by atoms with van der Waals surface area (Å²) in [5.41, 5.74) is 1.05. The second kappa shape index (κ2) is 7.27. The minimum absolute atomic E-state index is 0.553. The number of nitrogens with one attached hydrogen (secondary N) is 2. The average Bonchev–Trinajstić information content (AvgIpc) is 2.57. The van der Waals surface area contributed by atoms with Crippen LogP contribution in [0.5, 0.6) is 0 Å². The fraction of sp³-hybridized carbons (Fsp3) is 0.765. The molecule has 0 radical (unpaired) electrons. The van der Waals surface area contributed by atoms with Crippen molar-refractivity contribution in [3.63, 3.8) is 0 Å². The average molecular weight is 303 g/mol. The molecule has 122 valence electrons. The van der Waals surface area contributed by atoms with Gasteiger partial charge in [-0.1, -0.05) is 13.8 Å². The number of hydrogen-bond donors (Lipinski definition) is 2. The maximum Gasteiger partial charge on any atom is 0.225 e. The van der Waals surface area contributed by atoms with Gasteiger partial charge in [-0.3, -0.25) is 0 Å². The van der Waals surface area contributed by atoms with Gasteiger partial charge < -0.3 is 15.5 Å². The summed E-state index contributed by atoms with van der Waals surface area (Å²) in [5, 5.41) is 6.94. The van der Waals surface area contributed by atoms with E-state index in [9.17, 15) is 0 Å². The molecule has 2 N–H and O–H groups in total. The largest absolute Gasteiger partial charge is 0.380 e. The highest BCUT2D eigenvalue weighted by Gasteiger charge is 2.23. The Morgan fingerprint density at radius 1 is 1.09 bits per heavy atom. The molecule has 5 heteroatoms. The molecule has 1 aromatic heterocycles. The molecule has 2 fully saturated rings. The molecule has 5 nitrogen and oxygen atoms in total. The van der Waals surface area contributed by atoms with E-state index >= 15 is 0 Å². The lowest BCUT2D eigenvalue weighted by atomic mass is 9.87. The van der Waals surface area contributed by atoms with Crippen molar-refractivity contribution in [3.05, 3.63) is 12.4 Å². The lowest BCUT2D eigenvalue weighted by molar-refractivity contribution is 0.310. The Balaban J connectivity index is 1.53. The molecule has 0 spiro atoms. The highest BCUT2D eigenvalue weighted by molar-refractivity contribution is 5.43. The van der Waals surface area contributed by atoms with E-state index in [2.05, 4.69) is 39.3 Å². The minimum Gasteiger partial charge on any atom is -0.380 e. The molecule has 0 amide bonds. The van der Waals surface area contributed by atoms with E-state index in [4.69, 9.17) is 0 Å². The van der Waals surface area contributed by atoms with Crippen molar-refractivity contribution in [2.24, 2.45) is 11.8 Å². The number of hydrogen-bond acceptors (Lipinski definition) is 5. The van der Waals surface area contributed by atoms with Crippen LogP contribution in [0.25, 0.3) is 0 Å². The molecule has 3 heterocycles. The molecule has 22 heavy (non-hydrogen) atoms. The third-order valence-electron chi connectivity index (χ3n) is 5.11. The van der Waals surface area contributed by atoms with Gasteiger partial charge in [-0.25, -0.2) is 9.97 Å². The molecule has 0 saturated carbocycles. The van der Waals surface area contributed by atoms with Crippen LogP contribution in [-0.4, -0.2) is 42.2 Å². The number of rotatable bonds is 4. The highest BCUT2D eigenvalue weighted by atomic mass is 15.3. The normalized spacial score (nSPS) is 21.3. The molecule has 2 aliphatic rings. The fourth-order valence-corrected chi connectivity index (χ4v) is 3.53. The Kier molecular flexibility index (Phi) is 5.13. The molecule has 2 aliphatic heterocycles. The van der Waals surface area contributed by atoms with Gasteiger partial charge in [0.2, 0.25) is 5.95 Å². The van der Waals surface area contributed by atoms with Gasteiger partial charge in [0, 0.05) is 19.1 Å². The van der Waals surface area contributed by atoms with Crippen LogP contribution >= 0.6 is 0 Å². The van der Waals surface area contributed by atoms with Crippen molar-refractivity contribution in [1.82, 2.24) is 15.3 Å². The molecular weight excluding hydrogens is 274 g/mol. The first-order chi connectivity index (χ1) is 10.7. The van der Waals surface area contributed by atoms with Crippen molar-refractivity contribution in [3.8, 4) is 0 Å². The zero-order valence-electron chi connectivity index (χ0n) is 13.9. The number of anilines is 2. The summed E-state index contributed by atoms with van der Waals surface area (Å²) in [6.07, 6.45) is 8.75. The molecule has 1 aromatic rings. The van der Waals surface area contributed by atoms with E-state index in [0.717, 1.165) is 49.7 Å². The summed E-state index contributed by atoms with van der Waals surface area (Å²) in [4.78, 5) is 11.5. The molecule has 0 aliphatic carbocycles. The Bertz CT molecular complexity index is 445. The second-order valence-electron chi connectivity index (χ2n) is 7.01. The van der Waals surface area contributed by atoms with Gasteiger partial charge in [-0.2, -0.15) is 0 Å². The predicted molar refractivity (Wildman–Crippen MR) is 91.3 cm³/mol. The van der Waals surface area contributed by atoms with Gasteiger partial charge >= 0.3 is 0 Å². The van der Waals surface area contributed by atoms with Crippen molar-refractivity contribution < 1.29 is 0 Å². The molecular formula is C17H29N5. The standard InChI is InChI=1S/C17H29N5/c1-13(2)14-5-9-22(10-6-14)17-19-11-16(12-20-17)21-15-3-7-18-8-4-15/h11-15,18,21H,3-10H2,1-2H3. The molecule has 0 aromatic carbocycles. The number of nitrogens with zero attached hydrogens (tertiary/aromatic N) is 3. The van der Waals surface area contributed by atoms with E-state index in [-0.39, 0.29) is 0 Å². The van der Waals surface area contributed by atoms with Gasteiger partial charge in [0.25, 0.3) is 0 Å². The van der Waals surface area contributed by atoms with Crippen molar-refractivity contribution in [2.75, 3.05) is 36.4 Å². The maximum absolute atomic E-state index is 4.57. The minimum atomic E-state index is 0.553. The smallest absolute Gasteiger partial charge is 0.225 e. The van der Waals surface area contributed by atoms with Crippen LogP contribution in [0.1, 0.15) is 39.5 Å². The predicted octanol–water partition coefficient (Wildman–Crippen LogP) is 2.51. The lowest BCUT2D eigenvalue weighted by Gasteiger charge is -2.33. The van der Waals surface area contributed by atoms with Crippen molar-refractivity contribution in [2.45, 2.75) is 45.6 Å². The Hall–Kier alpha value is -1.36. The molecule has 2 saturated heterocycles. The van der Waals surface area contributed by atoms with Crippen LogP contribution in [0.15, 0.2) is 12.4 Å². The number of aromatic nitrogens is 2. The van der Waals surface area contributed by atoms with E-state index < -0.39 is 0 Å². The second-order valence-corrected chi connectivity index (χ2v) is 7.01. The van der Waals surface area contributed by atoms with E-state index in [0.29, 0.717) is 6.04 Å². The molecule has 0 bridgehead atoms. The van der Waals surface area contributed by atoms with Crippen molar-refractivity contribution >= 4 is 11.6 Å². The summed E-state index contributed by atoms with van der Waals surface area (Å²) in [6.45, 7) is 9.03. The van der Waals surface area contributed by atoms with E-state index in [1.807, 2.05) is 12.4 Å². The van der Waals surface area contributed by atoms with Crippen molar-refractivity contribution in [1.29, 1.82) is 0 Å². The summed E-state index contributed by atoms with van der Waals surface area (Å²) in [6, 6.07) is 0.553. The summed E-state index contributed by atoms with van der Waals surface area (Å²) in [5.74, 6) is 2.54. The monoisotopic (exact) mass is 303 g/mol. The van der Waals surface area contributed by atoms with Gasteiger partial charge in [0.15, 0.2) is 0 Å². The molecule has 0 atom stereocenters. The quantitative estimate of drug-likeness (QED) is 0.895. The van der Waals surface area contributed by atoms with Gasteiger partial charge in [0.1, 0.15) is 0 Å². The summed E-state index contributed by atoms with van der Waals surface area (Å²) in [7, 11) is 0. The Morgan fingerprint density at radius 2 is 1.73 bits per heavy atom. The summed E-state index contributed by atoms with van der Waals surface area (Å²) < 4.78 is 0. The molecule has 0 unspecified atom stereocenters. The van der Waals surface area contributed by atoms with Gasteiger partial charge in [0.05, 0.1) is 18.1 Å². The number of piperidine rings is 2. The third-order valence-corrected chi connectivity index (χ3v) is 5.11. The van der Waals surface area contributed by atoms with Crippen LogP contribution in [0.2, 0.25) is 0 Å². The van der Waals surface area contributed by atoms with E-state index in [1.165, 1.54) is 25.7 Å². The van der Waals surface area contributed by atoms with E-state index in [1.54, 1.807) is 0 Å². The lowest BCUT2D eigenvalue weighted by Crippen LogP contribution is -2.36. The highest BCUT2D eigenvalue weighted by Crippen LogP contribution is 2.26. The zero-order valence-corrected chi connectivity index (χ0v) is 13.9. The Morgan fingerprint density at radius 3 is 2.32 bits per heavy atom. The SMILES string of the molecule is CC(C)C1CCN(c2ncc(NC3CCNCC3)cn2)CC1.